The molecule has 0 atom stereocenters. The molecule has 12 heavy (non-hydrogen) atoms. The normalized spacial score (nSPS) is 13.5. The molecule has 0 fully saturated rings. The number of hydrogen-bond donors (Lipinski definition) is 0. The standard InChI is InChI=1S/C6H10N2.2C2H6/c1-6-7-4-3-5-8(6)2;2*1-2/h3,5H,4H2,1-2H3;2*1-2H3. The van der Waals surface area contributed by atoms with Gasteiger partial charge < -0.3 is 4.90 Å². The van der Waals surface area contributed by atoms with Crippen molar-refractivity contribution in [3.05, 3.63) is 12.3 Å². The zero-order valence-electron chi connectivity index (χ0n) is 9.26. The third-order valence-electron chi connectivity index (χ3n) is 1.26. The zero-order valence-corrected chi connectivity index (χ0v) is 9.26. The summed E-state index contributed by atoms with van der Waals surface area (Å²) in [5.74, 6) is 1.09. The maximum atomic E-state index is 4.17. The minimum absolute atomic E-state index is 0.843. The van der Waals surface area contributed by atoms with Gasteiger partial charge in [0.25, 0.3) is 0 Å². The molecule has 0 unspecified atom stereocenters. The molecule has 0 aromatic heterocycles. The largest absolute Gasteiger partial charge is 0.340 e. The molecule has 0 aliphatic carbocycles. The van der Waals surface area contributed by atoms with E-state index in [9.17, 15) is 0 Å². The molecule has 2 heteroatoms. The summed E-state index contributed by atoms with van der Waals surface area (Å²) in [6.07, 6.45) is 4.06. The van der Waals surface area contributed by atoms with Gasteiger partial charge in [0.1, 0.15) is 0 Å². The summed E-state index contributed by atoms with van der Waals surface area (Å²) in [6.45, 7) is 10.8. The smallest absolute Gasteiger partial charge is 0.0998 e. The molecule has 1 aliphatic rings. The van der Waals surface area contributed by atoms with Crippen molar-refractivity contribution in [1.82, 2.24) is 4.90 Å². The molecule has 0 spiro atoms. The minimum Gasteiger partial charge on any atom is -0.340 e. The van der Waals surface area contributed by atoms with E-state index < -0.39 is 0 Å². The Kier molecular flexibility index (Phi) is 11.7. The van der Waals surface area contributed by atoms with Gasteiger partial charge in [-0.05, 0) is 13.0 Å². The first kappa shape index (κ1) is 13.8. The van der Waals surface area contributed by atoms with Crippen LogP contribution in [-0.2, 0) is 0 Å². The van der Waals surface area contributed by atoms with Crippen LogP contribution in [0.15, 0.2) is 17.3 Å². The lowest BCUT2D eigenvalue weighted by Gasteiger charge is -2.15. The van der Waals surface area contributed by atoms with Crippen LogP contribution in [0.3, 0.4) is 0 Å². The van der Waals surface area contributed by atoms with Gasteiger partial charge in [0.15, 0.2) is 0 Å². The number of rotatable bonds is 0. The Balaban J connectivity index is 0. The molecule has 0 aromatic rings. The maximum absolute atomic E-state index is 4.17. The second kappa shape index (κ2) is 10.2. The van der Waals surface area contributed by atoms with Crippen molar-refractivity contribution in [2.75, 3.05) is 13.6 Å². The second-order valence-corrected chi connectivity index (χ2v) is 1.88. The lowest BCUT2D eigenvalue weighted by molar-refractivity contribution is 0.664. The number of aliphatic imine (C=N–C) groups is 1. The number of hydrogen-bond acceptors (Lipinski definition) is 2. The molecular weight excluding hydrogens is 148 g/mol. The van der Waals surface area contributed by atoms with E-state index in [-0.39, 0.29) is 0 Å². The van der Waals surface area contributed by atoms with E-state index in [0.29, 0.717) is 0 Å². The molecule has 1 rings (SSSR count). The molecule has 1 heterocycles. The van der Waals surface area contributed by atoms with Crippen molar-refractivity contribution in [3.63, 3.8) is 0 Å². The van der Waals surface area contributed by atoms with E-state index in [1.54, 1.807) is 0 Å². The summed E-state index contributed by atoms with van der Waals surface area (Å²) in [4.78, 5) is 6.17. The van der Waals surface area contributed by atoms with Crippen molar-refractivity contribution in [2.24, 2.45) is 4.99 Å². The Hall–Kier alpha value is -0.790. The SMILES string of the molecule is CC.CC.CC1=NCC=CN1C. The average Bonchev–Trinajstić information content (AvgIpc) is 2.17. The Morgan fingerprint density at radius 3 is 2.00 bits per heavy atom. The quantitative estimate of drug-likeness (QED) is 0.546. The molecule has 2 nitrogen and oxygen atoms in total. The Morgan fingerprint density at radius 2 is 1.75 bits per heavy atom. The predicted molar refractivity (Wildman–Crippen MR) is 57.6 cm³/mol. The van der Waals surface area contributed by atoms with Crippen molar-refractivity contribution >= 4 is 5.84 Å². The minimum atomic E-state index is 0.843. The Bertz CT molecular complexity index is 137. The fraction of sp³-hybridized carbons (Fsp3) is 0.700. The molecule has 0 bridgehead atoms. The van der Waals surface area contributed by atoms with Crippen molar-refractivity contribution < 1.29 is 0 Å². The van der Waals surface area contributed by atoms with Gasteiger partial charge in [0.05, 0.1) is 12.4 Å². The average molecular weight is 170 g/mol. The van der Waals surface area contributed by atoms with Gasteiger partial charge in [-0.3, -0.25) is 4.99 Å². The van der Waals surface area contributed by atoms with Gasteiger partial charge in [-0.15, -0.1) is 0 Å². The maximum Gasteiger partial charge on any atom is 0.0998 e. The fourth-order valence-corrected chi connectivity index (χ4v) is 0.609. The van der Waals surface area contributed by atoms with Gasteiger partial charge in [-0.25, -0.2) is 0 Å². The van der Waals surface area contributed by atoms with E-state index >= 15 is 0 Å². The first-order chi connectivity index (χ1) is 5.80. The summed E-state index contributed by atoms with van der Waals surface area (Å²) in [5, 5.41) is 0. The van der Waals surface area contributed by atoms with Crippen LogP contribution in [0.5, 0.6) is 0 Å². The van der Waals surface area contributed by atoms with Crippen LogP contribution in [-0.4, -0.2) is 24.3 Å². The summed E-state index contributed by atoms with van der Waals surface area (Å²) in [5.41, 5.74) is 0. The van der Waals surface area contributed by atoms with Gasteiger partial charge in [-0.1, -0.05) is 27.7 Å². The first-order valence-corrected chi connectivity index (χ1v) is 4.71. The Morgan fingerprint density at radius 1 is 1.25 bits per heavy atom. The van der Waals surface area contributed by atoms with Gasteiger partial charge in [0.2, 0.25) is 0 Å². The van der Waals surface area contributed by atoms with Gasteiger partial charge in [0, 0.05) is 13.2 Å². The highest BCUT2D eigenvalue weighted by molar-refractivity contribution is 5.81. The monoisotopic (exact) mass is 170 g/mol. The third-order valence-corrected chi connectivity index (χ3v) is 1.26. The van der Waals surface area contributed by atoms with Crippen LogP contribution in [0.25, 0.3) is 0 Å². The summed E-state index contributed by atoms with van der Waals surface area (Å²) in [7, 11) is 1.99. The summed E-state index contributed by atoms with van der Waals surface area (Å²) in [6, 6.07) is 0. The molecule has 0 saturated heterocycles. The summed E-state index contributed by atoms with van der Waals surface area (Å²) >= 11 is 0. The van der Waals surface area contributed by atoms with E-state index in [1.165, 1.54) is 0 Å². The first-order valence-electron chi connectivity index (χ1n) is 4.71. The van der Waals surface area contributed by atoms with Crippen molar-refractivity contribution in [1.29, 1.82) is 0 Å². The molecule has 0 amide bonds. The lowest BCUT2D eigenvalue weighted by Crippen LogP contribution is -2.20. The molecule has 0 radical (unpaired) electrons. The second-order valence-electron chi connectivity index (χ2n) is 1.88. The van der Waals surface area contributed by atoms with Gasteiger partial charge in [-0.2, -0.15) is 0 Å². The van der Waals surface area contributed by atoms with Gasteiger partial charge >= 0.3 is 0 Å². The van der Waals surface area contributed by atoms with Crippen LogP contribution in [0.1, 0.15) is 34.6 Å². The van der Waals surface area contributed by atoms with Crippen LogP contribution < -0.4 is 0 Å². The van der Waals surface area contributed by atoms with E-state index in [1.807, 2.05) is 58.8 Å². The molecule has 0 aromatic carbocycles. The van der Waals surface area contributed by atoms with E-state index in [4.69, 9.17) is 0 Å². The van der Waals surface area contributed by atoms with Crippen molar-refractivity contribution in [3.8, 4) is 0 Å². The molecular formula is C10H22N2. The highest BCUT2D eigenvalue weighted by Crippen LogP contribution is 1.94. The summed E-state index contributed by atoms with van der Waals surface area (Å²) < 4.78 is 0. The van der Waals surface area contributed by atoms with Crippen LogP contribution in [0.4, 0.5) is 0 Å². The van der Waals surface area contributed by atoms with Crippen LogP contribution in [0.2, 0.25) is 0 Å². The number of amidine groups is 1. The highest BCUT2D eigenvalue weighted by atomic mass is 15.1. The lowest BCUT2D eigenvalue weighted by atomic mass is 10.4. The highest BCUT2D eigenvalue weighted by Gasteiger charge is 1.96. The van der Waals surface area contributed by atoms with E-state index in [2.05, 4.69) is 4.99 Å². The topological polar surface area (TPSA) is 15.6 Å². The van der Waals surface area contributed by atoms with Crippen LogP contribution in [0, 0.1) is 0 Å². The number of nitrogens with zero attached hydrogens (tertiary/aromatic N) is 2. The van der Waals surface area contributed by atoms with Crippen molar-refractivity contribution in [2.45, 2.75) is 34.6 Å². The molecule has 0 saturated carbocycles. The third kappa shape index (κ3) is 5.96. The predicted octanol–water partition coefficient (Wildman–Crippen LogP) is 2.92. The Labute approximate surface area is 77.0 Å². The fourth-order valence-electron chi connectivity index (χ4n) is 0.609. The molecule has 1 aliphatic heterocycles. The zero-order chi connectivity index (χ0) is 9.98. The van der Waals surface area contributed by atoms with Crippen LogP contribution >= 0.6 is 0 Å². The van der Waals surface area contributed by atoms with E-state index in [0.717, 1.165) is 12.4 Å². The molecule has 72 valence electrons. The molecule has 0 N–H and O–H groups in total.